The van der Waals surface area contributed by atoms with Crippen molar-refractivity contribution in [3.8, 4) is 0 Å². The van der Waals surface area contributed by atoms with Crippen molar-refractivity contribution in [3.05, 3.63) is 48.0 Å². The first kappa shape index (κ1) is 16.4. The standard InChI is InChI=1S/C18H23N5O/c1-2-16-8-4-6-10-23(16)17(24)14-11-20-18(21-12-14)22-13-15-7-3-5-9-19-15/h3,5,7,9,11-12,16H,2,4,6,8,10,13H2,1H3,(H,20,21,22). The molecule has 1 unspecified atom stereocenters. The number of anilines is 1. The summed E-state index contributed by atoms with van der Waals surface area (Å²) in [5, 5.41) is 3.12. The maximum atomic E-state index is 12.7. The van der Waals surface area contributed by atoms with Crippen molar-refractivity contribution in [2.24, 2.45) is 0 Å². The van der Waals surface area contributed by atoms with Gasteiger partial charge >= 0.3 is 0 Å². The highest BCUT2D eigenvalue weighted by Gasteiger charge is 2.26. The van der Waals surface area contributed by atoms with Crippen molar-refractivity contribution in [1.29, 1.82) is 0 Å². The highest BCUT2D eigenvalue weighted by atomic mass is 16.2. The van der Waals surface area contributed by atoms with Crippen molar-refractivity contribution < 1.29 is 4.79 Å². The molecule has 1 aliphatic rings. The van der Waals surface area contributed by atoms with Crippen molar-refractivity contribution in [1.82, 2.24) is 19.9 Å². The van der Waals surface area contributed by atoms with Crippen LogP contribution in [-0.4, -0.2) is 38.3 Å². The average molecular weight is 325 g/mol. The summed E-state index contributed by atoms with van der Waals surface area (Å²) in [7, 11) is 0. The van der Waals surface area contributed by atoms with Gasteiger partial charge < -0.3 is 10.2 Å². The van der Waals surface area contributed by atoms with Crippen molar-refractivity contribution in [2.75, 3.05) is 11.9 Å². The molecule has 0 radical (unpaired) electrons. The molecule has 1 saturated heterocycles. The first-order valence-corrected chi connectivity index (χ1v) is 8.54. The lowest BCUT2D eigenvalue weighted by Gasteiger charge is -2.35. The van der Waals surface area contributed by atoms with E-state index in [9.17, 15) is 4.79 Å². The lowest BCUT2D eigenvalue weighted by molar-refractivity contribution is 0.0607. The summed E-state index contributed by atoms with van der Waals surface area (Å²) in [6, 6.07) is 6.10. The van der Waals surface area contributed by atoms with Gasteiger partial charge in [0, 0.05) is 31.2 Å². The molecule has 3 heterocycles. The normalized spacial score (nSPS) is 17.5. The summed E-state index contributed by atoms with van der Waals surface area (Å²) in [4.78, 5) is 27.4. The number of carbonyl (C=O) groups excluding carboxylic acids is 1. The molecule has 1 aliphatic heterocycles. The Morgan fingerprint density at radius 3 is 2.79 bits per heavy atom. The fourth-order valence-corrected chi connectivity index (χ4v) is 3.06. The third kappa shape index (κ3) is 3.88. The summed E-state index contributed by atoms with van der Waals surface area (Å²) in [5.41, 5.74) is 1.47. The van der Waals surface area contributed by atoms with Gasteiger partial charge in [0.2, 0.25) is 5.95 Å². The fraction of sp³-hybridized carbons (Fsp3) is 0.444. The minimum absolute atomic E-state index is 0.0397. The molecule has 0 bridgehead atoms. The molecule has 2 aromatic heterocycles. The zero-order chi connectivity index (χ0) is 16.8. The molecule has 6 heteroatoms. The highest BCUT2D eigenvalue weighted by Crippen LogP contribution is 2.21. The second-order valence-electron chi connectivity index (χ2n) is 6.03. The van der Waals surface area contributed by atoms with Gasteiger partial charge in [-0.1, -0.05) is 13.0 Å². The summed E-state index contributed by atoms with van der Waals surface area (Å²) in [6.07, 6.45) is 9.34. The van der Waals surface area contributed by atoms with Gasteiger partial charge in [-0.15, -0.1) is 0 Å². The number of likely N-dealkylation sites (tertiary alicyclic amines) is 1. The number of nitrogens with zero attached hydrogens (tertiary/aromatic N) is 4. The number of hydrogen-bond acceptors (Lipinski definition) is 5. The lowest BCUT2D eigenvalue weighted by atomic mass is 9.99. The van der Waals surface area contributed by atoms with Crippen LogP contribution in [0, 0.1) is 0 Å². The fourth-order valence-electron chi connectivity index (χ4n) is 3.06. The van der Waals surface area contributed by atoms with Gasteiger partial charge in [-0.2, -0.15) is 0 Å². The smallest absolute Gasteiger partial charge is 0.257 e. The Balaban J connectivity index is 1.62. The van der Waals surface area contributed by atoms with E-state index in [0.717, 1.165) is 31.5 Å². The SMILES string of the molecule is CCC1CCCCN1C(=O)c1cnc(NCc2ccccn2)nc1. The van der Waals surface area contributed by atoms with Crippen molar-refractivity contribution in [2.45, 2.75) is 45.2 Å². The van der Waals surface area contributed by atoms with Crippen LogP contribution in [0.2, 0.25) is 0 Å². The van der Waals surface area contributed by atoms with E-state index in [-0.39, 0.29) is 5.91 Å². The number of carbonyl (C=O) groups is 1. The molecule has 6 nitrogen and oxygen atoms in total. The van der Waals surface area contributed by atoms with Crippen LogP contribution in [0.3, 0.4) is 0 Å². The second kappa shape index (κ2) is 7.86. The number of nitrogens with one attached hydrogen (secondary N) is 1. The number of rotatable bonds is 5. The summed E-state index contributed by atoms with van der Waals surface area (Å²) in [5.74, 6) is 0.542. The van der Waals surface area contributed by atoms with E-state index in [4.69, 9.17) is 0 Å². The molecular weight excluding hydrogens is 302 g/mol. The molecule has 3 rings (SSSR count). The third-order valence-electron chi connectivity index (χ3n) is 4.41. The first-order chi connectivity index (χ1) is 11.8. The number of pyridine rings is 1. The molecule has 2 aromatic rings. The highest BCUT2D eigenvalue weighted by molar-refractivity contribution is 5.94. The molecule has 0 aliphatic carbocycles. The van der Waals surface area contributed by atoms with Gasteiger partial charge in [-0.3, -0.25) is 9.78 Å². The topological polar surface area (TPSA) is 71.0 Å². The monoisotopic (exact) mass is 325 g/mol. The van der Waals surface area contributed by atoms with E-state index < -0.39 is 0 Å². The predicted octanol–water partition coefficient (Wildman–Crippen LogP) is 2.89. The molecular formula is C18H23N5O. The number of piperidine rings is 1. The Bertz CT molecular complexity index is 659. The molecule has 1 N–H and O–H groups in total. The average Bonchev–Trinajstić information content (AvgIpc) is 2.67. The van der Waals surface area contributed by atoms with Gasteiger partial charge in [0.1, 0.15) is 0 Å². The Morgan fingerprint density at radius 1 is 1.25 bits per heavy atom. The number of amides is 1. The van der Waals surface area contributed by atoms with E-state index in [1.807, 2.05) is 23.1 Å². The number of aromatic nitrogens is 3. The van der Waals surface area contributed by atoms with Gasteiger partial charge in [-0.05, 0) is 37.8 Å². The van der Waals surface area contributed by atoms with Crippen LogP contribution >= 0.6 is 0 Å². The van der Waals surface area contributed by atoms with E-state index in [1.165, 1.54) is 6.42 Å². The minimum Gasteiger partial charge on any atom is -0.349 e. The summed E-state index contributed by atoms with van der Waals surface area (Å²) in [6.45, 7) is 3.52. The van der Waals surface area contributed by atoms with Gasteiger partial charge in [0.15, 0.2) is 0 Å². The predicted molar refractivity (Wildman–Crippen MR) is 92.6 cm³/mol. The lowest BCUT2D eigenvalue weighted by Crippen LogP contribution is -2.43. The molecule has 1 fully saturated rings. The van der Waals surface area contributed by atoms with Crippen LogP contribution in [0.5, 0.6) is 0 Å². The van der Waals surface area contributed by atoms with Crippen molar-refractivity contribution >= 4 is 11.9 Å². The summed E-state index contributed by atoms with van der Waals surface area (Å²) < 4.78 is 0. The van der Waals surface area contributed by atoms with Crippen LogP contribution in [0.25, 0.3) is 0 Å². The summed E-state index contributed by atoms with van der Waals surface area (Å²) >= 11 is 0. The van der Waals surface area contributed by atoms with Crippen LogP contribution in [0.1, 0.15) is 48.7 Å². The zero-order valence-electron chi connectivity index (χ0n) is 14.0. The molecule has 0 spiro atoms. The maximum Gasteiger partial charge on any atom is 0.257 e. The van der Waals surface area contributed by atoms with Crippen LogP contribution < -0.4 is 5.32 Å². The van der Waals surface area contributed by atoms with E-state index in [1.54, 1.807) is 18.6 Å². The van der Waals surface area contributed by atoms with Crippen LogP contribution in [0.4, 0.5) is 5.95 Å². The molecule has 24 heavy (non-hydrogen) atoms. The molecule has 126 valence electrons. The molecule has 1 amide bonds. The van der Waals surface area contributed by atoms with Crippen LogP contribution in [-0.2, 0) is 6.54 Å². The molecule has 1 atom stereocenters. The van der Waals surface area contributed by atoms with Gasteiger partial charge in [-0.25, -0.2) is 9.97 Å². The number of hydrogen-bond donors (Lipinski definition) is 1. The van der Waals surface area contributed by atoms with Gasteiger partial charge in [0.25, 0.3) is 5.91 Å². The second-order valence-corrected chi connectivity index (χ2v) is 6.03. The first-order valence-electron chi connectivity index (χ1n) is 8.54. The third-order valence-corrected chi connectivity index (χ3v) is 4.41. The Kier molecular flexibility index (Phi) is 5.36. The Hall–Kier alpha value is -2.50. The van der Waals surface area contributed by atoms with Crippen LogP contribution in [0.15, 0.2) is 36.8 Å². The molecule has 0 saturated carbocycles. The van der Waals surface area contributed by atoms with E-state index in [0.29, 0.717) is 24.1 Å². The van der Waals surface area contributed by atoms with E-state index in [2.05, 4.69) is 27.2 Å². The van der Waals surface area contributed by atoms with E-state index >= 15 is 0 Å². The zero-order valence-corrected chi connectivity index (χ0v) is 14.0. The maximum absolute atomic E-state index is 12.7. The minimum atomic E-state index is 0.0397. The molecule has 0 aromatic carbocycles. The Morgan fingerprint density at radius 2 is 2.08 bits per heavy atom. The van der Waals surface area contributed by atoms with Gasteiger partial charge in [0.05, 0.1) is 17.8 Å². The largest absolute Gasteiger partial charge is 0.349 e. The van der Waals surface area contributed by atoms with Crippen molar-refractivity contribution in [3.63, 3.8) is 0 Å². The quantitative estimate of drug-likeness (QED) is 0.915. The Labute approximate surface area is 142 Å².